The highest BCUT2D eigenvalue weighted by Gasteiger charge is 1.99. The number of anilines is 2. The van der Waals surface area contributed by atoms with Gasteiger partial charge in [-0.1, -0.05) is 51.0 Å². The van der Waals surface area contributed by atoms with Gasteiger partial charge in [-0.25, -0.2) is 0 Å². The molecule has 2 nitrogen and oxygen atoms in total. The summed E-state index contributed by atoms with van der Waals surface area (Å²) in [6, 6.07) is 17.4. The van der Waals surface area contributed by atoms with Crippen molar-refractivity contribution in [3.8, 4) is 11.1 Å². The van der Waals surface area contributed by atoms with E-state index < -0.39 is 0 Å². The van der Waals surface area contributed by atoms with Crippen LogP contribution in [0, 0.1) is 0 Å². The lowest BCUT2D eigenvalue weighted by Gasteiger charge is -2.09. The van der Waals surface area contributed by atoms with Crippen molar-refractivity contribution >= 4 is 36.2 Å². The Bertz CT molecular complexity index is 487. The van der Waals surface area contributed by atoms with E-state index in [1.807, 2.05) is 0 Å². The number of nitrogens with one attached hydrogen (secondary N) is 2. The molecule has 0 aliphatic heterocycles. The summed E-state index contributed by atoms with van der Waals surface area (Å²) in [4.78, 5) is 0. The molecule has 0 fully saturated rings. The van der Waals surface area contributed by atoms with Crippen molar-refractivity contribution in [1.29, 1.82) is 0 Å². The van der Waals surface area contributed by atoms with Crippen LogP contribution in [0.3, 0.4) is 0 Å². The maximum Gasteiger partial charge on any atom is 0.0340 e. The highest BCUT2D eigenvalue weighted by Crippen LogP contribution is 2.23. The molecule has 0 saturated carbocycles. The van der Waals surface area contributed by atoms with Crippen LogP contribution in [0.15, 0.2) is 48.5 Å². The maximum absolute atomic E-state index is 3.45. The summed E-state index contributed by atoms with van der Waals surface area (Å²) in [7, 11) is 0. The van der Waals surface area contributed by atoms with Crippen LogP contribution in [0.5, 0.6) is 0 Å². The first-order valence-electron chi connectivity index (χ1n) is 8.51. The normalized spacial score (nSPS) is 9.58. The summed E-state index contributed by atoms with van der Waals surface area (Å²) in [6.07, 6.45) is 4.88. The molecule has 2 aromatic rings. The standard InChI is InChI=1S/C20H28N2.2ClH/c1-3-5-15-21-19-11-7-17(8-12-19)18-9-13-20(14-10-18)22-16-6-4-2;;/h7-14,21-22H,3-6,15-16H2,1-2H3;2*1H. The van der Waals surface area contributed by atoms with Crippen molar-refractivity contribution in [3.63, 3.8) is 0 Å². The molecule has 0 radical (unpaired) electrons. The van der Waals surface area contributed by atoms with Crippen LogP contribution < -0.4 is 10.6 Å². The van der Waals surface area contributed by atoms with Gasteiger partial charge in [-0.15, -0.1) is 24.8 Å². The molecule has 4 heteroatoms. The van der Waals surface area contributed by atoms with Crippen LogP contribution >= 0.6 is 24.8 Å². The van der Waals surface area contributed by atoms with Crippen molar-refractivity contribution in [1.82, 2.24) is 0 Å². The Morgan fingerprint density at radius 3 is 1.21 bits per heavy atom. The van der Waals surface area contributed by atoms with E-state index in [1.165, 1.54) is 48.2 Å². The average molecular weight is 369 g/mol. The Balaban J connectivity index is 0.00000264. The molecule has 0 aromatic heterocycles. The predicted octanol–water partition coefficient (Wildman–Crippen LogP) is 6.62. The molecule has 0 aliphatic carbocycles. The van der Waals surface area contributed by atoms with Crippen LogP contribution in [0.2, 0.25) is 0 Å². The second-order valence-corrected chi connectivity index (χ2v) is 5.72. The van der Waals surface area contributed by atoms with Crippen LogP contribution in [-0.2, 0) is 0 Å². The molecular weight excluding hydrogens is 339 g/mol. The Hall–Kier alpha value is -1.38. The minimum absolute atomic E-state index is 0. The maximum atomic E-state index is 3.45. The van der Waals surface area contributed by atoms with Crippen LogP contribution in [0.4, 0.5) is 11.4 Å². The van der Waals surface area contributed by atoms with E-state index in [0.29, 0.717) is 0 Å². The molecule has 2 N–H and O–H groups in total. The van der Waals surface area contributed by atoms with Gasteiger partial charge in [0.15, 0.2) is 0 Å². The number of hydrogen-bond acceptors (Lipinski definition) is 2. The molecular formula is C20H30Cl2N2. The molecule has 0 unspecified atom stereocenters. The first-order chi connectivity index (χ1) is 10.8. The van der Waals surface area contributed by atoms with E-state index in [1.54, 1.807) is 0 Å². The van der Waals surface area contributed by atoms with E-state index in [4.69, 9.17) is 0 Å². The van der Waals surface area contributed by atoms with Gasteiger partial charge in [-0.3, -0.25) is 0 Å². The molecule has 0 bridgehead atoms. The smallest absolute Gasteiger partial charge is 0.0340 e. The number of rotatable bonds is 9. The Kier molecular flexibility index (Phi) is 12.2. The zero-order chi connectivity index (χ0) is 15.6. The number of halogens is 2. The van der Waals surface area contributed by atoms with E-state index in [-0.39, 0.29) is 24.8 Å². The third kappa shape index (κ3) is 7.46. The van der Waals surface area contributed by atoms with E-state index in [2.05, 4.69) is 73.0 Å². The van der Waals surface area contributed by atoms with Crippen LogP contribution in [-0.4, -0.2) is 13.1 Å². The topological polar surface area (TPSA) is 24.1 Å². The second kappa shape index (κ2) is 13.0. The first kappa shape index (κ1) is 22.6. The van der Waals surface area contributed by atoms with Gasteiger partial charge in [-0.05, 0) is 48.2 Å². The third-order valence-electron chi connectivity index (χ3n) is 3.82. The molecule has 0 atom stereocenters. The Morgan fingerprint density at radius 2 is 0.917 bits per heavy atom. The molecule has 0 saturated heterocycles. The van der Waals surface area contributed by atoms with Crippen molar-refractivity contribution < 1.29 is 0 Å². The Morgan fingerprint density at radius 1 is 0.583 bits per heavy atom. The quantitative estimate of drug-likeness (QED) is 0.485. The minimum Gasteiger partial charge on any atom is -0.385 e. The third-order valence-corrected chi connectivity index (χ3v) is 3.82. The van der Waals surface area contributed by atoms with Crippen molar-refractivity contribution in [2.75, 3.05) is 23.7 Å². The fraction of sp³-hybridized carbons (Fsp3) is 0.400. The highest BCUT2D eigenvalue weighted by atomic mass is 35.5. The summed E-state index contributed by atoms with van der Waals surface area (Å²) in [5.74, 6) is 0. The summed E-state index contributed by atoms with van der Waals surface area (Å²) >= 11 is 0. The second-order valence-electron chi connectivity index (χ2n) is 5.72. The van der Waals surface area contributed by atoms with Crippen molar-refractivity contribution in [2.45, 2.75) is 39.5 Å². The summed E-state index contributed by atoms with van der Waals surface area (Å²) < 4.78 is 0. The number of hydrogen-bond donors (Lipinski definition) is 2. The molecule has 0 aliphatic rings. The molecule has 0 amide bonds. The SMILES string of the molecule is CCCCNc1ccc(-c2ccc(NCCCC)cc2)cc1.Cl.Cl. The fourth-order valence-corrected chi connectivity index (χ4v) is 2.38. The molecule has 2 aromatic carbocycles. The number of unbranched alkanes of at least 4 members (excludes halogenated alkanes) is 2. The van der Waals surface area contributed by atoms with Gasteiger partial charge in [0.2, 0.25) is 0 Å². The van der Waals surface area contributed by atoms with Gasteiger partial charge in [0.25, 0.3) is 0 Å². The van der Waals surface area contributed by atoms with Gasteiger partial charge < -0.3 is 10.6 Å². The van der Waals surface area contributed by atoms with Crippen molar-refractivity contribution in [2.24, 2.45) is 0 Å². The van der Waals surface area contributed by atoms with Gasteiger partial charge in [0, 0.05) is 24.5 Å². The molecule has 134 valence electrons. The summed E-state index contributed by atoms with van der Waals surface area (Å²) in [5.41, 5.74) is 4.94. The zero-order valence-electron chi connectivity index (χ0n) is 14.7. The molecule has 0 spiro atoms. The largest absolute Gasteiger partial charge is 0.385 e. The first-order valence-corrected chi connectivity index (χ1v) is 8.51. The van der Waals surface area contributed by atoms with Gasteiger partial charge in [-0.2, -0.15) is 0 Å². The summed E-state index contributed by atoms with van der Waals surface area (Å²) in [6.45, 7) is 6.53. The lowest BCUT2D eigenvalue weighted by molar-refractivity contribution is 0.834. The van der Waals surface area contributed by atoms with Crippen LogP contribution in [0.1, 0.15) is 39.5 Å². The Labute approximate surface area is 159 Å². The van der Waals surface area contributed by atoms with Crippen LogP contribution in [0.25, 0.3) is 11.1 Å². The molecule has 2 rings (SSSR count). The van der Waals surface area contributed by atoms with E-state index in [9.17, 15) is 0 Å². The van der Waals surface area contributed by atoms with E-state index in [0.717, 1.165) is 13.1 Å². The van der Waals surface area contributed by atoms with Gasteiger partial charge >= 0.3 is 0 Å². The van der Waals surface area contributed by atoms with Gasteiger partial charge in [0.05, 0.1) is 0 Å². The zero-order valence-corrected chi connectivity index (χ0v) is 16.3. The summed E-state index contributed by atoms with van der Waals surface area (Å²) in [5, 5.41) is 6.90. The lowest BCUT2D eigenvalue weighted by Crippen LogP contribution is -2.00. The minimum atomic E-state index is 0. The number of benzene rings is 2. The van der Waals surface area contributed by atoms with E-state index >= 15 is 0 Å². The predicted molar refractivity (Wildman–Crippen MR) is 113 cm³/mol. The fourth-order valence-electron chi connectivity index (χ4n) is 2.38. The average Bonchev–Trinajstić information content (AvgIpc) is 2.57. The lowest BCUT2D eigenvalue weighted by atomic mass is 10.0. The molecule has 0 heterocycles. The molecule has 24 heavy (non-hydrogen) atoms. The monoisotopic (exact) mass is 368 g/mol. The highest BCUT2D eigenvalue weighted by molar-refractivity contribution is 5.85. The van der Waals surface area contributed by atoms with Crippen molar-refractivity contribution in [3.05, 3.63) is 48.5 Å². The van der Waals surface area contributed by atoms with Gasteiger partial charge in [0.1, 0.15) is 0 Å².